The number of amides is 1. The number of rotatable bonds is 5. The highest BCUT2D eigenvalue weighted by atomic mass is 32.1. The third-order valence-electron chi connectivity index (χ3n) is 4.16. The van der Waals surface area contributed by atoms with Gasteiger partial charge in [0.2, 0.25) is 5.91 Å². The molecule has 136 valence electrons. The fourth-order valence-electron chi connectivity index (χ4n) is 2.70. The molecule has 3 rings (SSSR count). The van der Waals surface area contributed by atoms with Gasteiger partial charge >= 0.3 is 0 Å². The van der Waals surface area contributed by atoms with Gasteiger partial charge in [-0.25, -0.2) is 13.8 Å². The summed E-state index contributed by atoms with van der Waals surface area (Å²) in [6.45, 7) is 3.80. The second kappa shape index (κ2) is 7.33. The van der Waals surface area contributed by atoms with E-state index < -0.39 is 11.6 Å². The Morgan fingerprint density at radius 3 is 2.69 bits per heavy atom. The van der Waals surface area contributed by atoms with E-state index in [-0.39, 0.29) is 12.3 Å². The maximum absolute atomic E-state index is 13.3. The number of hydrogen-bond acceptors (Lipinski definition) is 4. The van der Waals surface area contributed by atoms with Crippen LogP contribution in [0.3, 0.4) is 0 Å². The average molecular weight is 376 g/mol. The Hall–Kier alpha value is -2.61. The first kappa shape index (κ1) is 18.2. The monoisotopic (exact) mass is 376 g/mol. The number of hydrogen-bond donors (Lipinski definition) is 1. The summed E-state index contributed by atoms with van der Waals surface area (Å²) in [6.07, 6.45) is 2.28. The predicted octanol–water partition coefficient (Wildman–Crippen LogP) is 3.54. The number of aromatic nitrogens is 3. The molecule has 1 aromatic carbocycles. The minimum absolute atomic E-state index is 0.169. The Labute approximate surface area is 153 Å². The van der Waals surface area contributed by atoms with Crippen LogP contribution < -0.4 is 5.32 Å². The number of benzene rings is 1. The van der Waals surface area contributed by atoms with Gasteiger partial charge in [0.25, 0.3) is 0 Å². The molecule has 3 aromatic rings. The van der Waals surface area contributed by atoms with Crippen molar-refractivity contribution in [3.8, 4) is 0 Å². The molecule has 1 N–H and O–H groups in total. The van der Waals surface area contributed by atoms with Crippen molar-refractivity contribution in [2.75, 3.05) is 5.32 Å². The maximum atomic E-state index is 13.3. The summed E-state index contributed by atoms with van der Waals surface area (Å²) < 4.78 is 28.0. The van der Waals surface area contributed by atoms with Gasteiger partial charge < -0.3 is 5.32 Å². The second-order valence-electron chi connectivity index (χ2n) is 6.05. The van der Waals surface area contributed by atoms with E-state index in [9.17, 15) is 13.6 Å². The molecule has 1 amide bonds. The summed E-state index contributed by atoms with van der Waals surface area (Å²) in [7, 11) is 1.84. The van der Waals surface area contributed by atoms with E-state index in [1.54, 1.807) is 10.9 Å². The Morgan fingerprint density at radius 2 is 2.04 bits per heavy atom. The Balaban J connectivity index is 1.64. The molecule has 5 nitrogen and oxygen atoms in total. The zero-order valence-electron chi connectivity index (χ0n) is 14.6. The van der Waals surface area contributed by atoms with Gasteiger partial charge in [0.15, 0.2) is 16.8 Å². The third-order valence-corrected chi connectivity index (χ3v) is 5.07. The number of nitrogens with zero attached hydrogens (tertiary/aromatic N) is 3. The highest BCUT2D eigenvalue weighted by Crippen LogP contribution is 2.22. The van der Waals surface area contributed by atoms with Gasteiger partial charge in [0.1, 0.15) is 0 Å². The van der Waals surface area contributed by atoms with E-state index in [1.165, 1.54) is 23.5 Å². The molecule has 0 saturated carbocycles. The molecule has 0 atom stereocenters. The van der Waals surface area contributed by atoms with Crippen molar-refractivity contribution in [2.24, 2.45) is 7.05 Å². The lowest BCUT2D eigenvalue weighted by atomic mass is 10.1. The molecule has 2 aromatic heterocycles. The van der Waals surface area contributed by atoms with Crippen LogP contribution in [0.4, 0.5) is 13.9 Å². The third kappa shape index (κ3) is 3.96. The lowest BCUT2D eigenvalue weighted by Gasteiger charge is -2.03. The van der Waals surface area contributed by atoms with Crippen LogP contribution in [0.1, 0.15) is 27.4 Å². The number of carbonyl (C=O) groups excluding carboxylic acids is 1. The summed E-state index contributed by atoms with van der Waals surface area (Å²) in [5, 5.41) is 7.56. The normalized spacial score (nSPS) is 11.0. The number of aryl methyl sites for hydroxylation is 2. The van der Waals surface area contributed by atoms with Crippen LogP contribution in [0.5, 0.6) is 0 Å². The summed E-state index contributed by atoms with van der Waals surface area (Å²) in [5.41, 5.74) is 3.34. The van der Waals surface area contributed by atoms with E-state index in [2.05, 4.69) is 15.4 Å². The van der Waals surface area contributed by atoms with Crippen LogP contribution in [0.2, 0.25) is 0 Å². The smallest absolute Gasteiger partial charge is 0.230 e. The fraction of sp³-hybridized carbons (Fsp3) is 0.278. The van der Waals surface area contributed by atoms with Crippen molar-refractivity contribution in [3.63, 3.8) is 0 Å². The first-order valence-electron chi connectivity index (χ1n) is 8.01. The summed E-state index contributed by atoms with van der Waals surface area (Å²) in [6, 6.07) is 3.80. The molecule has 0 fully saturated rings. The Kier molecular flexibility index (Phi) is 5.13. The molecular weight excluding hydrogens is 358 g/mol. The summed E-state index contributed by atoms with van der Waals surface area (Å²) >= 11 is 1.31. The van der Waals surface area contributed by atoms with E-state index in [1.807, 2.05) is 20.9 Å². The molecule has 26 heavy (non-hydrogen) atoms. The number of anilines is 1. The summed E-state index contributed by atoms with van der Waals surface area (Å²) in [4.78, 5) is 17.3. The van der Waals surface area contributed by atoms with Crippen LogP contribution >= 0.6 is 11.3 Å². The largest absolute Gasteiger partial charge is 0.302 e. The average Bonchev–Trinajstić information content (AvgIpc) is 3.10. The summed E-state index contributed by atoms with van der Waals surface area (Å²) in [5.74, 6) is -1.91. The first-order valence-corrected chi connectivity index (χ1v) is 8.82. The van der Waals surface area contributed by atoms with Crippen LogP contribution in [0.25, 0.3) is 0 Å². The minimum Gasteiger partial charge on any atom is -0.302 e. The number of thiazole rings is 1. The van der Waals surface area contributed by atoms with Gasteiger partial charge in [0, 0.05) is 35.8 Å². The highest BCUT2D eigenvalue weighted by Gasteiger charge is 2.15. The maximum Gasteiger partial charge on any atom is 0.230 e. The van der Waals surface area contributed by atoms with Gasteiger partial charge in [0.05, 0.1) is 12.1 Å². The van der Waals surface area contributed by atoms with Crippen LogP contribution in [0.15, 0.2) is 24.4 Å². The first-order chi connectivity index (χ1) is 12.3. The van der Waals surface area contributed by atoms with Crippen molar-refractivity contribution in [2.45, 2.75) is 26.7 Å². The lowest BCUT2D eigenvalue weighted by Crippen LogP contribution is -2.15. The van der Waals surface area contributed by atoms with Gasteiger partial charge in [-0.1, -0.05) is 6.07 Å². The lowest BCUT2D eigenvalue weighted by molar-refractivity contribution is -0.115. The minimum atomic E-state index is -0.872. The van der Waals surface area contributed by atoms with Gasteiger partial charge in [-0.3, -0.25) is 9.48 Å². The fourth-order valence-corrected chi connectivity index (χ4v) is 3.56. The topological polar surface area (TPSA) is 59.8 Å². The highest BCUT2D eigenvalue weighted by molar-refractivity contribution is 7.15. The predicted molar refractivity (Wildman–Crippen MR) is 96.3 cm³/mol. The molecule has 0 radical (unpaired) electrons. The van der Waals surface area contributed by atoms with Gasteiger partial charge in [-0.2, -0.15) is 5.10 Å². The van der Waals surface area contributed by atoms with Crippen molar-refractivity contribution in [3.05, 3.63) is 63.4 Å². The molecule has 0 unspecified atom stereocenters. The molecule has 0 saturated heterocycles. The quantitative estimate of drug-likeness (QED) is 0.741. The van der Waals surface area contributed by atoms with E-state index in [0.29, 0.717) is 17.1 Å². The Morgan fingerprint density at radius 1 is 1.27 bits per heavy atom. The number of carbonyl (C=O) groups is 1. The molecule has 0 aliphatic heterocycles. The van der Waals surface area contributed by atoms with Gasteiger partial charge in [-0.05, 0) is 31.5 Å². The number of halogens is 2. The standard InChI is InChI=1S/C18H18F2N4OS/c1-10-14(11(2)24(3)23-10)8-17(25)22-18-21-9-13(26-18)6-12-4-5-15(19)16(20)7-12/h4-5,7,9H,6,8H2,1-3H3,(H,21,22,25). The van der Waals surface area contributed by atoms with Crippen molar-refractivity contribution >= 4 is 22.4 Å². The van der Waals surface area contributed by atoms with Gasteiger partial charge in [-0.15, -0.1) is 11.3 Å². The van der Waals surface area contributed by atoms with Crippen molar-refractivity contribution < 1.29 is 13.6 Å². The van der Waals surface area contributed by atoms with Crippen LogP contribution in [-0.4, -0.2) is 20.7 Å². The van der Waals surface area contributed by atoms with Crippen LogP contribution in [-0.2, 0) is 24.7 Å². The SMILES string of the molecule is Cc1nn(C)c(C)c1CC(=O)Nc1ncc(Cc2ccc(F)c(F)c2)s1. The van der Waals surface area contributed by atoms with E-state index in [0.717, 1.165) is 27.9 Å². The number of nitrogens with one attached hydrogen (secondary N) is 1. The zero-order valence-corrected chi connectivity index (χ0v) is 15.5. The molecule has 2 heterocycles. The van der Waals surface area contributed by atoms with Crippen LogP contribution in [0, 0.1) is 25.5 Å². The molecule has 0 aliphatic carbocycles. The second-order valence-corrected chi connectivity index (χ2v) is 7.17. The molecule has 0 spiro atoms. The molecular formula is C18H18F2N4OS. The van der Waals surface area contributed by atoms with E-state index in [4.69, 9.17) is 0 Å². The zero-order chi connectivity index (χ0) is 18.8. The molecule has 0 bridgehead atoms. The molecule has 0 aliphatic rings. The van der Waals surface area contributed by atoms with Crippen molar-refractivity contribution in [1.29, 1.82) is 0 Å². The Bertz CT molecular complexity index is 964. The molecule has 8 heteroatoms. The van der Waals surface area contributed by atoms with Crippen molar-refractivity contribution in [1.82, 2.24) is 14.8 Å². The van der Waals surface area contributed by atoms with E-state index >= 15 is 0 Å².